The Morgan fingerprint density at radius 2 is 0.600 bits per heavy atom. The van der Waals surface area contributed by atoms with Crippen LogP contribution in [0, 0.1) is 0 Å². The second kappa shape index (κ2) is 49.5. The summed E-state index contributed by atoms with van der Waals surface area (Å²) in [6, 6.07) is 0. The molecule has 0 amide bonds. The van der Waals surface area contributed by atoms with Crippen LogP contribution in [-0.4, -0.2) is 37.2 Å². The van der Waals surface area contributed by atoms with E-state index in [-0.39, 0.29) is 31.1 Å². The summed E-state index contributed by atoms with van der Waals surface area (Å²) in [5, 5.41) is 0. The first kappa shape index (κ1) is 57.9. The Morgan fingerprint density at radius 1 is 0.333 bits per heavy atom. The predicted octanol–water partition coefficient (Wildman–Crippen LogP) is 17.2. The molecule has 6 nitrogen and oxygen atoms in total. The molecular weight excluding hydrogens is 745 g/mol. The first-order valence-electron chi connectivity index (χ1n) is 26.3. The van der Waals surface area contributed by atoms with Gasteiger partial charge in [-0.05, 0) is 51.4 Å². The zero-order valence-electron chi connectivity index (χ0n) is 40.2. The van der Waals surface area contributed by atoms with E-state index >= 15 is 0 Å². The molecule has 6 heteroatoms. The fourth-order valence-electron chi connectivity index (χ4n) is 7.71. The average molecular weight is 845 g/mol. The van der Waals surface area contributed by atoms with Gasteiger partial charge < -0.3 is 14.2 Å². The van der Waals surface area contributed by atoms with Crippen LogP contribution < -0.4 is 0 Å². The van der Waals surface area contributed by atoms with Crippen molar-refractivity contribution in [3.8, 4) is 0 Å². The van der Waals surface area contributed by atoms with Crippen LogP contribution in [0.3, 0.4) is 0 Å². The van der Waals surface area contributed by atoms with Gasteiger partial charge in [-0.3, -0.25) is 14.4 Å². The molecule has 0 rings (SSSR count). The monoisotopic (exact) mass is 845 g/mol. The first-order valence-corrected chi connectivity index (χ1v) is 26.3. The number of hydrogen-bond donors (Lipinski definition) is 0. The molecule has 0 bridgehead atoms. The second-order valence-electron chi connectivity index (χ2n) is 17.8. The van der Waals surface area contributed by atoms with Crippen LogP contribution in [0.2, 0.25) is 0 Å². The highest BCUT2D eigenvalue weighted by molar-refractivity contribution is 5.71. The molecule has 0 aliphatic rings. The Hall–Kier alpha value is -2.11. The molecule has 0 aliphatic heterocycles. The maximum atomic E-state index is 12.6. The molecule has 0 radical (unpaired) electrons. The van der Waals surface area contributed by atoms with Crippen molar-refractivity contribution in [2.24, 2.45) is 0 Å². The van der Waals surface area contributed by atoms with E-state index in [9.17, 15) is 14.4 Å². The molecule has 0 aliphatic carbocycles. The fourth-order valence-corrected chi connectivity index (χ4v) is 7.71. The number of hydrogen-bond acceptors (Lipinski definition) is 6. The van der Waals surface area contributed by atoms with Gasteiger partial charge in [-0.25, -0.2) is 0 Å². The zero-order chi connectivity index (χ0) is 43.7. The summed E-state index contributed by atoms with van der Waals surface area (Å²) in [5.41, 5.74) is 0. The highest BCUT2D eigenvalue weighted by Gasteiger charge is 2.19. The standard InChI is InChI=1S/C54H100O6/c1-4-7-10-13-16-18-19-20-21-22-23-24-25-26-27-28-29-30-31-32-33-34-35-36-39-41-44-47-53(56)59-50-51(49-58-52(55)46-43-40-37-15-12-9-6-3)60-54(57)48-45-42-38-17-14-11-8-5-2/h19-20,22-23,51H,4-18,21,24-50H2,1-3H3/b20-19-,23-22-. The van der Waals surface area contributed by atoms with Gasteiger partial charge in [0.15, 0.2) is 6.10 Å². The molecule has 0 spiro atoms. The number of rotatable bonds is 48. The Bertz CT molecular complexity index is 973. The number of allylic oxidation sites excluding steroid dienone is 4. The molecule has 1 atom stereocenters. The van der Waals surface area contributed by atoms with Crippen molar-refractivity contribution in [2.45, 2.75) is 290 Å². The van der Waals surface area contributed by atoms with Crippen LogP contribution in [0.15, 0.2) is 24.3 Å². The number of carbonyl (C=O) groups excluding carboxylic acids is 3. The molecular formula is C54H100O6. The molecule has 0 aromatic carbocycles. The van der Waals surface area contributed by atoms with E-state index in [1.807, 2.05) is 0 Å². The molecule has 1 unspecified atom stereocenters. The lowest BCUT2D eigenvalue weighted by molar-refractivity contribution is -0.167. The van der Waals surface area contributed by atoms with E-state index in [4.69, 9.17) is 14.2 Å². The lowest BCUT2D eigenvalue weighted by Gasteiger charge is -2.18. The molecule has 0 saturated carbocycles. The first-order chi connectivity index (χ1) is 29.5. The van der Waals surface area contributed by atoms with Crippen molar-refractivity contribution in [1.82, 2.24) is 0 Å². The van der Waals surface area contributed by atoms with Crippen LogP contribution >= 0.6 is 0 Å². The maximum absolute atomic E-state index is 12.6. The minimum atomic E-state index is -0.761. The van der Waals surface area contributed by atoms with Gasteiger partial charge >= 0.3 is 17.9 Å². The van der Waals surface area contributed by atoms with E-state index in [0.717, 1.165) is 64.2 Å². The molecule has 352 valence electrons. The summed E-state index contributed by atoms with van der Waals surface area (Å²) in [5.74, 6) is -0.868. The molecule has 0 fully saturated rings. The summed E-state index contributed by atoms with van der Waals surface area (Å²) >= 11 is 0. The number of unbranched alkanes of at least 4 members (excludes halogenated alkanes) is 33. The minimum Gasteiger partial charge on any atom is -0.462 e. The van der Waals surface area contributed by atoms with Gasteiger partial charge in [-0.15, -0.1) is 0 Å². The number of esters is 3. The second-order valence-corrected chi connectivity index (χ2v) is 17.8. The summed E-state index contributed by atoms with van der Waals surface area (Å²) in [7, 11) is 0. The van der Waals surface area contributed by atoms with Gasteiger partial charge in [0, 0.05) is 19.3 Å². The van der Waals surface area contributed by atoms with Crippen molar-refractivity contribution in [1.29, 1.82) is 0 Å². The smallest absolute Gasteiger partial charge is 0.306 e. The lowest BCUT2D eigenvalue weighted by Crippen LogP contribution is -2.30. The van der Waals surface area contributed by atoms with Crippen LogP contribution in [0.4, 0.5) is 0 Å². The predicted molar refractivity (Wildman–Crippen MR) is 256 cm³/mol. The number of ether oxygens (including phenoxy) is 3. The van der Waals surface area contributed by atoms with Crippen molar-refractivity contribution >= 4 is 17.9 Å². The molecule has 0 heterocycles. The molecule has 0 aromatic rings. The van der Waals surface area contributed by atoms with E-state index in [1.165, 1.54) is 180 Å². The maximum Gasteiger partial charge on any atom is 0.306 e. The van der Waals surface area contributed by atoms with Crippen molar-refractivity contribution in [2.75, 3.05) is 13.2 Å². The van der Waals surface area contributed by atoms with Crippen LogP contribution in [0.25, 0.3) is 0 Å². The molecule has 0 aromatic heterocycles. The molecule has 0 N–H and O–H groups in total. The van der Waals surface area contributed by atoms with E-state index < -0.39 is 6.10 Å². The number of carbonyl (C=O) groups is 3. The largest absolute Gasteiger partial charge is 0.462 e. The summed E-state index contributed by atoms with van der Waals surface area (Å²) in [6.07, 6.45) is 56.4. The summed E-state index contributed by atoms with van der Waals surface area (Å²) < 4.78 is 16.7. The van der Waals surface area contributed by atoms with Crippen molar-refractivity contribution in [3.05, 3.63) is 24.3 Å². The van der Waals surface area contributed by atoms with Gasteiger partial charge in [0.2, 0.25) is 0 Å². The van der Waals surface area contributed by atoms with Crippen molar-refractivity contribution < 1.29 is 28.6 Å². The van der Waals surface area contributed by atoms with Crippen LogP contribution in [0.1, 0.15) is 284 Å². The SMILES string of the molecule is CCCCCCC/C=C\C/C=C\CCCCCCCCCCCCCCCCCC(=O)OCC(COC(=O)CCCCCCCCC)OC(=O)CCCCCCCCCC. The Kier molecular flexibility index (Phi) is 47.8. The topological polar surface area (TPSA) is 78.9 Å². The minimum absolute atomic E-state index is 0.0671. The Balaban J connectivity index is 3.96. The van der Waals surface area contributed by atoms with E-state index in [2.05, 4.69) is 45.1 Å². The highest BCUT2D eigenvalue weighted by Crippen LogP contribution is 2.16. The normalized spacial score (nSPS) is 12.1. The zero-order valence-corrected chi connectivity index (χ0v) is 40.2. The third-order valence-electron chi connectivity index (χ3n) is 11.7. The van der Waals surface area contributed by atoms with Gasteiger partial charge in [0.25, 0.3) is 0 Å². The van der Waals surface area contributed by atoms with Gasteiger partial charge in [-0.1, -0.05) is 238 Å². The lowest BCUT2D eigenvalue weighted by atomic mass is 10.0. The Labute approximate surface area is 373 Å². The Morgan fingerprint density at radius 3 is 0.917 bits per heavy atom. The summed E-state index contributed by atoms with van der Waals surface area (Å²) in [4.78, 5) is 37.6. The average Bonchev–Trinajstić information content (AvgIpc) is 3.24. The molecule has 60 heavy (non-hydrogen) atoms. The quantitative estimate of drug-likeness (QED) is 0.0263. The van der Waals surface area contributed by atoms with Gasteiger partial charge in [-0.2, -0.15) is 0 Å². The van der Waals surface area contributed by atoms with Crippen molar-refractivity contribution in [3.63, 3.8) is 0 Å². The van der Waals surface area contributed by atoms with Crippen LogP contribution in [-0.2, 0) is 28.6 Å². The van der Waals surface area contributed by atoms with E-state index in [0.29, 0.717) is 19.3 Å². The van der Waals surface area contributed by atoms with Crippen LogP contribution in [0.5, 0.6) is 0 Å². The highest BCUT2D eigenvalue weighted by atomic mass is 16.6. The third kappa shape index (κ3) is 46.9. The fraction of sp³-hybridized carbons (Fsp3) is 0.870. The third-order valence-corrected chi connectivity index (χ3v) is 11.7. The van der Waals surface area contributed by atoms with Gasteiger partial charge in [0.05, 0.1) is 0 Å². The van der Waals surface area contributed by atoms with Gasteiger partial charge in [0.1, 0.15) is 13.2 Å². The van der Waals surface area contributed by atoms with E-state index in [1.54, 1.807) is 0 Å². The molecule has 0 saturated heterocycles. The summed E-state index contributed by atoms with van der Waals surface area (Å²) in [6.45, 7) is 6.57.